The summed E-state index contributed by atoms with van der Waals surface area (Å²) in [4.78, 5) is 25.2. The Labute approximate surface area is 279 Å². The highest BCUT2D eigenvalue weighted by molar-refractivity contribution is 6.13. The van der Waals surface area contributed by atoms with Gasteiger partial charge in [-0.3, -0.25) is 0 Å². The van der Waals surface area contributed by atoms with E-state index in [1.165, 1.54) is 0 Å². The van der Waals surface area contributed by atoms with Crippen molar-refractivity contribution in [2.24, 2.45) is 0 Å². The first-order valence-electron chi connectivity index (χ1n) is 16.4. The Morgan fingerprint density at radius 3 is 1.52 bits per heavy atom. The molecular formula is C41H42N2O5. The van der Waals surface area contributed by atoms with Gasteiger partial charge in [0.15, 0.2) is 0 Å². The number of rotatable bonds is 0. The molecule has 6 aromatic rings. The monoisotopic (exact) mass is 641 g/mol. The minimum atomic E-state index is -0.385. The maximum atomic E-state index is 12.7. The van der Waals surface area contributed by atoms with E-state index in [1.807, 2.05) is 64.1 Å². The zero-order chi connectivity index (χ0) is 34.7. The number of fused-ring (bicyclic) bond motifs is 10. The topological polar surface area (TPSA) is 105 Å². The summed E-state index contributed by atoms with van der Waals surface area (Å²) < 4.78 is 11.1. The van der Waals surface area contributed by atoms with Crippen molar-refractivity contribution >= 4 is 66.0 Å². The second-order valence-electron chi connectivity index (χ2n) is 13.5. The van der Waals surface area contributed by atoms with E-state index in [1.54, 1.807) is 18.2 Å². The minimum Gasteiger partial charge on any atom is -0.507 e. The van der Waals surface area contributed by atoms with E-state index >= 15 is 0 Å². The van der Waals surface area contributed by atoms with Crippen LogP contribution < -0.4 is 21.9 Å². The van der Waals surface area contributed by atoms with Crippen molar-refractivity contribution in [1.29, 1.82) is 0 Å². The Morgan fingerprint density at radius 1 is 0.583 bits per heavy atom. The normalized spacial score (nSPS) is 15.5. The van der Waals surface area contributed by atoms with Crippen molar-refractivity contribution in [3.8, 4) is 5.75 Å². The van der Waals surface area contributed by atoms with Crippen LogP contribution >= 0.6 is 0 Å². The maximum Gasteiger partial charge on any atom is 0.344 e. The van der Waals surface area contributed by atoms with Crippen molar-refractivity contribution in [2.75, 3.05) is 10.6 Å². The molecular weight excluding hydrogens is 599 g/mol. The zero-order valence-electron chi connectivity index (χ0n) is 29.0. The number of benzene rings is 4. The fourth-order valence-electron chi connectivity index (χ4n) is 7.31. The quantitative estimate of drug-likeness (QED) is 0.112. The largest absolute Gasteiger partial charge is 0.507 e. The fraction of sp³-hybridized carbons (Fsp3) is 0.268. The van der Waals surface area contributed by atoms with E-state index in [0.717, 1.165) is 50.0 Å². The van der Waals surface area contributed by atoms with Crippen molar-refractivity contribution in [1.82, 2.24) is 0 Å². The number of phenolic OH excluding ortho intramolecular Hbond substituents is 1. The van der Waals surface area contributed by atoms with Crippen LogP contribution in [0.3, 0.4) is 0 Å². The number of hydrogen-bond donors (Lipinski definition) is 3. The number of phenols is 1. The van der Waals surface area contributed by atoms with Gasteiger partial charge in [-0.2, -0.15) is 0 Å². The zero-order valence-corrected chi connectivity index (χ0v) is 29.0. The summed E-state index contributed by atoms with van der Waals surface area (Å²) in [5.74, 6) is 0.113. The van der Waals surface area contributed by atoms with E-state index in [9.17, 15) is 14.7 Å². The second kappa shape index (κ2) is 11.7. The fourth-order valence-corrected chi connectivity index (χ4v) is 7.31. The molecule has 48 heavy (non-hydrogen) atoms. The molecule has 0 spiro atoms. The molecule has 0 atom stereocenters. The average Bonchev–Trinajstić information content (AvgIpc) is 3.01. The van der Waals surface area contributed by atoms with E-state index < -0.39 is 0 Å². The molecule has 0 aliphatic carbocycles. The van der Waals surface area contributed by atoms with Gasteiger partial charge in [0.25, 0.3) is 0 Å². The minimum absolute atomic E-state index is 0.113. The van der Waals surface area contributed by atoms with Crippen molar-refractivity contribution in [3.05, 3.63) is 110 Å². The van der Waals surface area contributed by atoms with E-state index in [2.05, 4.69) is 63.5 Å². The Bertz CT molecular complexity index is 2290. The number of hydrogen-bond acceptors (Lipinski definition) is 7. The van der Waals surface area contributed by atoms with Crippen LogP contribution in [0.15, 0.2) is 91.2 Å². The first kappa shape index (κ1) is 32.6. The third-order valence-corrected chi connectivity index (χ3v) is 8.86. The molecule has 2 aliphatic rings. The van der Waals surface area contributed by atoms with Gasteiger partial charge in [0.05, 0.1) is 27.2 Å². The van der Waals surface area contributed by atoms with Gasteiger partial charge in [-0.05, 0) is 95.5 Å². The standard InChI is InChI=1S/C20H19NO2.C19H17NO3.C2H6/c1-11-6-5-7-15-16(11)13-8-9-14-17(18(13)19(22)23-15)12(2)10-20(3,4)21-14;1-10-9-19(2,3)20-12-8-7-11-16-13(21)5-4-6-14(16)23-18(22)17(11)15(10)12;1-2/h5-10,21H,1-4H3;4-9,20-21H,1-3H3;1-2H3/i;;1-1. The summed E-state index contributed by atoms with van der Waals surface area (Å²) in [6.07, 6.45) is 4.26. The van der Waals surface area contributed by atoms with Gasteiger partial charge in [-0.25, -0.2) is 9.59 Å². The van der Waals surface area contributed by atoms with Crippen LogP contribution in [0, 0.1) is 6.92 Å². The lowest BCUT2D eigenvalue weighted by atomic mass is 9.88. The molecule has 246 valence electrons. The van der Waals surface area contributed by atoms with Crippen LogP contribution in [-0.4, -0.2) is 16.2 Å². The molecule has 2 aliphatic heterocycles. The lowest BCUT2D eigenvalue weighted by molar-refractivity contribution is 0.480. The van der Waals surface area contributed by atoms with Crippen molar-refractivity contribution in [3.63, 3.8) is 0 Å². The Hall–Kier alpha value is -5.30. The first-order valence-corrected chi connectivity index (χ1v) is 16.4. The van der Waals surface area contributed by atoms with Gasteiger partial charge in [0.2, 0.25) is 0 Å². The lowest BCUT2D eigenvalue weighted by Gasteiger charge is -2.32. The number of nitrogens with one attached hydrogen (secondary N) is 2. The van der Waals surface area contributed by atoms with Crippen LogP contribution in [0.25, 0.3) is 54.6 Å². The van der Waals surface area contributed by atoms with E-state index in [0.29, 0.717) is 32.7 Å². The SMILES string of the molecule is CC1=CC(C)(C)Nc2ccc3c(c21)c(=O)oc1cccc(C)c13.CC1=CC(C)(C)Nc2ccc3c(c21)c(=O)oc1cccc(O)c13.C[11CH3]. The Kier molecular flexibility index (Phi) is 7.98. The summed E-state index contributed by atoms with van der Waals surface area (Å²) >= 11 is 0. The summed E-state index contributed by atoms with van der Waals surface area (Å²) in [6, 6.07) is 18.7. The van der Waals surface area contributed by atoms with E-state index in [4.69, 9.17) is 8.83 Å². The van der Waals surface area contributed by atoms with Gasteiger partial charge >= 0.3 is 11.3 Å². The molecule has 3 N–H and O–H groups in total. The molecule has 0 fully saturated rings. The number of anilines is 2. The molecule has 4 aromatic carbocycles. The average molecular weight is 642 g/mol. The van der Waals surface area contributed by atoms with E-state index in [-0.39, 0.29) is 28.1 Å². The van der Waals surface area contributed by atoms with Gasteiger partial charge < -0.3 is 24.6 Å². The molecule has 0 saturated heterocycles. The molecule has 4 heterocycles. The molecule has 0 amide bonds. The first-order chi connectivity index (χ1) is 22.7. The van der Waals surface area contributed by atoms with Crippen LogP contribution in [0.4, 0.5) is 11.4 Å². The smallest absolute Gasteiger partial charge is 0.344 e. The summed E-state index contributed by atoms with van der Waals surface area (Å²) in [5.41, 5.74) is 7.03. The van der Waals surface area contributed by atoms with Crippen molar-refractivity contribution < 1.29 is 13.9 Å². The van der Waals surface area contributed by atoms with Gasteiger partial charge in [0.1, 0.15) is 16.9 Å². The summed E-state index contributed by atoms with van der Waals surface area (Å²) in [5, 5.41) is 21.6. The van der Waals surface area contributed by atoms with Crippen LogP contribution in [-0.2, 0) is 0 Å². The van der Waals surface area contributed by atoms with Gasteiger partial charge in [0, 0.05) is 38.7 Å². The highest BCUT2D eigenvalue weighted by Crippen LogP contribution is 2.41. The molecule has 2 aromatic heterocycles. The predicted octanol–water partition coefficient (Wildman–Crippen LogP) is 10.1. The number of aryl methyl sites for hydroxylation is 1. The third kappa shape index (κ3) is 5.43. The third-order valence-electron chi connectivity index (χ3n) is 8.86. The molecule has 8 rings (SSSR count). The summed E-state index contributed by atoms with van der Waals surface area (Å²) in [7, 11) is 0. The number of aromatic hydroxyl groups is 1. The number of allylic oxidation sites excluding steroid dienone is 2. The van der Waals surface area contributed by atoms with Crippen LogP contribution in [0.1, 0.15) is 72.1 Å². The van der Waals surface area contributed by atoms with Gasteiger partial charge in [-0.15, -0.1) is 0 Å². The molecule has 7 heteroatoms. The highest BCUT2D eigenvalue weighted by Gasteiger charge is 2.27. The second-order valence-corrected chi connectivity index (χ2v) is 13.5. The Morgan fingerprint density at radius 2 is 1.02 bits per heavy atom. The maximum absolute atomic E-state index is 12.7. The highest BCUT2D eigenvalue weighted by atomic mass is 16.4. The molecule has 0 radical (unpaired) electrons. The predicted molar refractivity (Wildman–Crippen MR) is 200 cm³/mol. The van der Waals surface area contributed by atoms with Crippen molar-refractivity contribution in [2.45, 2.75) is 73.4 Å². The molecule has 0 saturated carbocycles. The molecule has 0 bridgehead atoms. The lowest BCUT2D eigenvalue weighted by Crippen LogP contribution is -2.31. The van der Waals surface area contributed by atoms with Gasteiger partial charge in [-0.1, -0.05) is 56.3 Å². The molecule has 0 unspecified atom stereocenters. The molecule has 7 nitrogen and oxygen atoms in total. The van der Waals surface area contributed by atoms with Crippen LogP contribution in [0.5, 0.6) is 5.75 Å². The Balaban J connectivity index is 0.000000159. The van der Waals surface area contributed by atoms with Crippen LogP contribution in [0.2, 0.25) is 0 Å². The summed E-state index contributed by atoms with van der Waals surface area (Å²) in [6.45, 7) is 18.5.